The van der Waals surface area contributed by atoms with Gasteiger partial charge in [-0.15, -0.1) is 10.8 Å². The van der Waals surface area contributed by atoms with Gasteiger partial charge in [-0.1, -0.05) is 29.8 Å². The van der Waals surface area contributed by atoms with Gasteiger partial charge in [0.25, 0.3) is 0 Å². The van der Waals surface area contributed by atoms with Crippen molar-refractivity contribution in [1.29, 1.82) is 0 Å². The maximum Gasteiger partial charge on any atom is 0.119 e. The van der Waals surface area contributed by atoms with E-state index >= 15 is 0 Å². The van der Waals surface area contributed by atoms with Crippen LogP contribution in [-0.2, 0) is 12.8 Å². The first-order valence-electron chi connectivity index (χ1n) is 10.2. The van der Waals surface area contributed by atoms with E-state index in [1.807, 2.05) is 24.3 Å². The number of halogens is 1. The van der Waals surface area contributed by atoms with Crippen LogP contribution in [0.4, 0.5) is 0 Å². The molecular weight excluding hydrogens is 408 g/mol. The second-order valence-electron chi connectivity index (χ2n) is 7.97. The summed E-state index contributed by atoms with van der Waals surface area (Å²) in [6, 6.07) is 14.4. The number of rotatable bonds is 6. The third kappa shape index (κ3) is 4.90. The number of ether oxygens (including phenoxy) is 1. The van der Waals surface area contributed by atoms with Gasteiger partial charge in [-0.25, -0.2) is 4.31 Å². The molecule has 7 heteroatoms. The summed E-state index contributed by atoms with van der Waals surface area (Å²) in [7, 11) is -2.58. The van der Waals surface area contributed by atoms with E-state index in [1.165, 1.54) is 16.7 Å². The van der Waals surface area contributed by atoms with E-state index in [4.69, 9.17) is 22.1 Å². The highest BCUT2D eigenvalue weighted by Gasteiger charge is 2.29. The van der Waals surface area contributed by atoms with Crippen LogP contribution >= 0.6 is 22.4 Å². The Kier molecular flexibility index (Phi) is 6.39. The minimum Gasteiger partial charge on any atom is -0.492 e. The van der Waals surface area contributed by atoms with Crippen molar-refractivity contribution in [2.75, 3.05) is 25.4 Å². The topological polar surface area (TPSA) is 79.0 Å². The lowest BCUT2D eigenvalue weighted by molar-refractivity contribution is 0.268. The Balaban J connectivity index is 1.46. The summed E-state index contributed by atoms with van der Waals surface area (Å²) in [5, 5.41) is 0.747. The Morgan fingerprint density at radius 1 is 1.21 bits per heavy atom. The highest BCUT2D eigenvalue weighted by molar-refractivity contribution is 8.22. The predicted molar refractivity (Wildman–Crippen MR) is 120 cm³/mol. The molecule has 1 fully saturated rings. The number of aryl methyl sites for hydroxylation is 1. The summed E-state index contributed by atoms with van der Waals surface area (Å²) in [4.78, 5) is 0. The van der Waals surface area contributed by atoms with E-state index in [0.717, 1.165) is 36.5 Å². The normalized spacial score (nSPS) is 24.8. The predicted octanol–water partition coefficient (Wildman–Crippen LogP) is 4.69. The maximum absolute atomic E-state index is 10.0. The Hall–Kier alpha value is -1.28. The molecule has 5 nitrogen and oxygen atoms in total. The smallest absolute Gasteiger partial charge is 0.119 e. The standard InChI is InChI=1S/C22H29ClN2O3S/c23-18-4-1-3-16(13-18)14-21-20-15-19(7-5-17(20)6-8-22(21)24)28-11-10-25-9-2-12-29(25,26)27/h1,3-5,7,13,15,21-22,26-27H,2,6,8-12,14,24H2. The highest BCUT2D eigenvalue weighted by atomic mass is 35.5. The van der Waals surface area contributed by atoms with Gasteiger partial charge in [0.1, 0.15) is 12.4 Å². The van der Waals surface area contributed by atoms with Gasteiger partial charge in [0.05, 0.1) is 12.3 Å². The Labute approximate surface area is 179 Å². The summed E-state index contributed by atoms with van der Waals surface area (Å²) < 4.78 is 27.7. The third-order valence-electron chi connectivity index (χ3n) is 5.97. The van der Waals surface area contributed by atoms with Crippen molar-refractivity contribution in [1.82, 2.24) is 4.31 Å². The van der Waals surface area contributed by atoms with Crippen LogP contribution in [0.2, 0.25) is 5.02 Å². The molecule has 2 unspecified atom stereocenters. The zero-order valence-electron chi connectivity index (χ0n) is 16.5. The number of nitrogens with two attached hydrogens (primary N) is 1. The fourth-order valence-electron chi connectivity index (χ4n) is 4.40. The first-order chi connectivity index (χ1) is 13.9. The Morgan fingerprint density at radius 3 is 2.83 bits per heavy atom. The molecule has 158 valence electrons. The molecule has 0 radical (unpaired) electrons. The van der Waals surface area contributed by atoms with Crippen molar-refractivity contribution in [3.63, 3.8) is 0 Å². The van der Waals surface area contributed by atoms with Crippen LogP contribution in [0.25, 0.3) is 0 Å². The zero-order chi connectivity index (χ0) is 20.4. The lowest BCUT2D eigenvalue weighted by atomic mass is 9.76. The van der Waals surface area contributed by atoms with Crippen molar-refractivity contribution >= 4 is 22.4 Å². The van der Waals surface area contributed by atoms with Crippen LogP contribution in [0.5, 0.6) is 5.75 Å². The van der Waals surface area contributed by atoms with E-state index < -0.39 is 10.8 Å². The summed E-state index contributed by atoms with van der Waals surface area (Å²) >= 11 is 6.17. The van der Waals surface area contributed by atoms with Crippen LogP contribution in [0, 0.1) is 0 Å². The third-order valence-corrected chi connectivity index (χ3v) is 8.24. The van der Waals surface area contributed by atoms with E-state index in [0.29, 0.717) is 25.4 Å². The Bertz CT molecular complexity index is 864. The van der Waals surface area contributed by atoms with Crippen LogP contribution in [0.1, 0.15) is 35.4 Å². The molecule has 2 aromatic carbocycles. The second kappa shape index (κ2) is 8.84. The molecule has 4 N–H and O–H groups in total. The molecule has 1 aliphatic heterocycles. The highest BCUT2D eigenvalue weighted by Crippen LogP contribution is 2.48. The summed E-state index contributed by atoms with van der Waals surface area (Å²) in [5.41, 5.74) is 10.3. The fourth-order valence-corrected chi connectivity index (χ4v) is 6.18. The van der Waals surface area contributed by atoms with Crippen molar-refractivity contribution in [2.24, 2.45) is 5.73 Å². The van der Waals surface area contributed by atoms with Crippen LogP contribution in [-0.4, -0.2) is 44.9 Å². The number of fused-ring (bicyclic) bond motifs is 1. The van der Waals surface area contributed by atoms with Crippen molar-refractivity contribution < 1.29 is 13.8 Å². The van der Waals surface area contributed by atoms with Crippen molar-refractivity contribution in [2.45, 2.75) is 37.6 Å². The summed E-state index contributed by atoms with van der Waals surface area (Å²) in [6.45, 7) is 1.66. The largest absolute Gasteiger partial charge is 0.492 e. The van der Waals surface area contributed by atoms with Crippen LogP contribution in [0.15, 0.2) is 42.5 Å². The molecule has 0 saturated carbocycles. The monoisotopic (exact) mass is 436 g/mol. The van der Waals surface area contributed by atoms with E-state index in [2.05, 4.69) is 18.2 Å². The molecule has 2 aliphatic rings. The molecule has 0 bridgehead atoms. The average molecular weight is 437 g/mol. The number of nitrogens with zero attached hydrogens (tertiary/aromatic N) is 1. The molecule has 29 heavy (non-hydrogen) atoms. The first-order valence-corrected chi connectivity index (χ1v) is 12.2. The van der Waals surface area contributed by atoms with Gasteiger partial charge in [-0.3, -0.25) is 9.11 Å². The van der Waals surface area contributed by atoms with Gasteiger partial charge in [-0.05, 0) is 66.6 Å². The Morgan fingerprint density at radius 2 is 2.07 bits per heavy atom. The number of benzene rings is 2. The SMILES string of the molecule is NC1CCc2ccc(OCCN3CCCS3(O)O)cc2C1Cc1cccc(Cl)c1. The molecule has 1 saturated heterocycles. The maximum atomic E-state index is 10.0. The van der Waals surface area contributed by atoms with Gasteiger partial charge in [0.15, 0.2) is 0 Å². The van der Waals surface area contributed by atoms with Gasteiger partial charge in [0, 0.05) is 23.5 Å². The lowest BCUT2D eigenvalue weighted by Gasteiger charge is -2.36. The molecule has 1 heterocycles. The molecule has 2 atom stereocenters. The van der Waals surface area contributed by atoms with E-state index in [1.54, 1.807) is 4.31 Å². The van der Waals surface area contributed by atoms with Gasteiger partial charge >= 0.3 is 0 Å². The van der Waals surface area contributed by atoms with Gasteiger partial charge in [0.2, 0.25) is 0 Å². The first kappa shape index (κ1) is 21.0. The van der Waals surface area contributed by atoms with Crippen LogP contribution < -0.4 is 10.5 Å². The lowest BCUT2D eigenvalue weighted by Crippen LogP contribution is -2.34. The van der Waals surface area contributed by atoms with Crippen molar-refractivity contribution in [3.05, 3.63) is 64.2 Å². The van der Waals surface area contributed by atoms with E-state index in [-0.39, 0.29) is 12.0 Å². The fraction of sp³-hybridized carbons (Fsp3) is 0.455. The molecule has 2 aromatic rings. The summed E-state index contributed by atoms with van der Waals surface area (Å²) in [5.74, 6) is 1.51. The zero-order valence-corrected chi connectivity index (χ0v) is 18.0. The van der Waals surface area contributed by atoms with E-state index in [9.17, 15) is 9.11 Å². The van der Waals surface area contributed by atoms with Gasteiger partial charge in [-0.2, -0.15) is 0 Å². The minimum atomic E-state index is -2.58. The molecule has 0 amide bonds. The second-order valence-corrected chi connectivity index (χ2v) is 10.6. The van der Waals surface area contributed by atoms with Crippen LogP contribution in [0.3, 0.4) is 0 Å². The molecule has 4 rings (SSSR count). The summed E-state index contributed by atoms with van der Waals surface area (Å²) in [6.07, 6.45) is 3.64. The quantitative estimate of drug-likeness (QED) is 0.612. The van der Waals surface area contributed by atoms with Crippen molar-refractivity contribution in [3.8, 4) is 5.75 Å². The number of hydrogen-bond acceptors (Lipinski definition) is 5. The number of hydrogen-bond donors (Lipinski definition) is 3. The van der Waals surface area contributed by atoms with Gasteiger partial charge < -0.3 is 10.5 Å². The molecule has 0 aromatic heterocycles. The molecule has 1 aliphatic carbocycles. The average Bonchev–Trinajstić information content (AvgIpc) is 3.02. The minimum absolute atomic E-state index is 0.106. The molecule has 0 spiro atoms. The molecular formula is C22H29ClN2O3S.